The molecule has 1 aliphatic carbocycles. The van der Waals surface area contributed by atoms with Crippen LogP contribution in [0.25, 0.3) is 0 Å². The number of halogens is 2. The summed E-state index contributed by atoms with van der Waals surface area (Å²) in [5.74, 6) is 0.703. The first kappa shape index (κ1) is 24.4. The first-order valence-corrected chi connectivity index (χ1v) is 8.93. The maximum absolute atomic E-state index is 12.2. The molecule has 25 heavy (non-hydrogen) atoms. The van der Waals surface area contributed by atoms with Gasteiger partial charge in [0.1, 0.15) is 0 Å². The van der Waals surface area contributed by atoms with Gasteiger partial charge in [-0.15, -0.1) is 24.8 Å². The van der Waals surface area contributed by atoms with Gasteiger partial charge in [-0.3, -0.25) is 9.59 Å². The predicted octanol–water partition coefficient (Wildman–Crippen LogP) is 1.41. The molecular formula is C17H34Cl2N4O2. The third-order valence-corrected chi connectivity index (χ3v) is 5.26. The Morgan fingerprint density at radius 2 is 1.76 bits per heavy atom. The van der Waals surface area contributed by atoms with E-state index in [0.717, 1.165) is 51.7 Å². The van der Waals surface area contributed by atoms with Crippen LogP contribution in [0, 0.1) is 5.92 Å². The second kappa shape index (κ2) is 11.9. The van der Waals surface area contributed by atoms with E-state index in [2.05, 4.69) is 10.2 Å². The van der Waals surface area contributed by atoms with Crippen LogP contribution in [0.2, 0.25) is 0 Å². The number of likely N-dealkylation sites (tertiary alicyclic amines) is 1. The van der Waals surface area contributed by atoms with E-state index in [1.807, 2.05) is 0 Å². The molecule has 1 saturated heterocycles. The van der Waals surface area contributed by atoms with E-state index < -0.39 is 0 Å². The number of hydrogen-bond donors (Lipinski definition) is 2. The van der Waals surface area contributed by atoms with E-state index in [4.69, 9.17) is 5.73 Å². The Bertz CT molecular complexity index is 415. The summed E-state index contributed by atoms with van der Waals surface area (Å²) in [6.45, 7) is 2.72. The molecule has 0 aromatic carbocycles. The molecule has 2 rings (SSSR count). The van der Waals surface area contributed by atoms with Crippen LogP contribution in [-0.2, 0) is 9.59 Å². The highest BCUT2D eigenvalue weighted by Gasteiger charge is 2.27. The van der Waals surface area contributed by atoms with Crippen LogP contribution in [0.15, 0.2) is 0 Å². The van der Waals surface area contributed by atoms with Crippen molar-refractivity contribution < 1.29 is 9.59 Å². The summed E-state index contributed by atoms with van der Waals surface area (Å²) in [5, 5.41) is 3.17. The average molecular weight is 397 g/mol. The van der Waals surface area contributed by atoms with Gasteiger partial charge in [0.05, 0.1) is 0 Å². The molecule has 0 aromatic rings. The molecule has 0 radical (unpaired) electrons. The van der Waals surface area contributed by atoms with Gasteiger partial charge in [-0.05, 0) is 31.6 Å². The minimum atomic E-state index is 0. The van der Waals surface area contributed by atoms with Gasteiger partial charge < -0.3 is 20.9 Å². The molecule has 0 spiro atoms. The highest BCUT2D eigenvalue weighted by molar-refractivity contribution is 5.85. The van der Waals surface area contributed by atoms with E-state index in [9.17, 15) is 9.59 Å². The lowest BCUT2D eigenvalue weighted by Gasteiger charge is -2.32. The summed E-state index contributed by atoms with van der Waals surface area (Å²) < 4.78 is 0. The molecule has 148 valence electrons. The van der Waals surface area contributed by atoms with Crippen molar-refractivity contribution in [2.45, 2.75) is 57.0 Å². The summed E-state index contributed by atoms with van der Waals surface area (Å²) in [6, 6.07) is 0.484. The number of carbonyl (C=O) groups excluding carboxylic acids is 2. The zero-order valence-corrected chi connectivity index (χ0v) is 17.0. The quantitative estimate of drug-likeness (QED) is 0.710. The Morgan fingerprint density at radius 3 is 2.28 bits per heavy atom. The molecule has 2 amide bonds. The second-order valence-electron chi connectivity index (χ2n) is 7.28. The highest BCUT2D eigenvalue weighted by Crippen LogP contribution is 2.26. The van der Waals surface area contributed by atoms with Crippen LogP contribution < -0.4 is 11.1 Å². The zero-order valence-electron chi connectivity index (χ0n) is 15.4. The first-order valence-electron chi connectivity index (χ1n) is 8.93. The van der Waals surface area contributed by atoms with E-state index in [-0.39, 0.29) is 48.7 Å². The summed E-state index contributed by atoms with van der Waals surface area (Å²) in [5.41, 5.74) is 6.04. The Balaban J connectivity index is 0.00000288. The van der Waals surface area contributed by atoms with Crippen LogP contribution in [0.4, 0.5) is 0 Å². The number of piperidine rings is 1. The molecule has 1 heterocycles. The van der Waals surface area contributed by atoms with Gasteiger partial charge in [0, 0.05) is 58.7 Å². The maximum atomic E-state index is 12.2. The smallest absolute Gasteiger partial charge is 0.223 e. The topological polar surface area (TPSA) is 78.7 Å². The van der Waals surface area contributed by atoms with Crippen molar-refractivity contribution in [1.82, 2.24) is 15.1 Å². The SMILES string of the molecule is CN(C)C(=O)CCN1CCC(NC(=O)C[C@@H]2CCC[C@H]2N)CC1.Cl.Cl. The Hall–Kier alpha value is -0.560. The second-order valence-corrected chi connectivity index (χ2v) is 7.28. The number of amides is 2. The number of rotatable bonds is 6. The lowest BCUT2D eigenvalue weighted by molar-refractivity contribution is -0.129. The fraction of sp³-hybridized carbons (Fsp3) is 0.882. The summed E-state index contributed by atoms with van der Waals surface area (Å²) in [6.07, 6.45) is 6.40. The number of carbonyl (C=O) groups is 2. The molecular weight excluding hydrogens is 363 g/mol. The average Bonchev–Trinajstić information content (AvgIpc) is 2.91. The van der Waals surface area contributed by atoms with Gasteiger partial charge in [-0.2, -0.15) is 0 Å². The van der Waals surface area contributed by atoms with Gasteiger partial charge in [0.25, 0.3) is 0 Å². The van der Waals surface area contributed by atoms with Gasteiger partial charge in [-0.25, -0.2) is 0 Å². The molecule has 0 bridgehead atoms. The summed E-state index contributed by atoms with van der Waals surface area (Å²) in [4.78, 5) is 27.7. The van der Waals surface area contributed by atoms with Crippen LogP contribution in [-0.4, -0.2) is 67.4 Å². The number of nitrogens with one attached hydrogen (secondary N) is 1. The van der Waals surface area contributed by atoms with Crippen LogP contribution in [0.5, 0.6) is 0 Å². The monoisotopic (exact) mass is 396 g/mol. The van der Waals surface area contributed by atoms with E-state index in [1.165, 1.54) is 0 Å². The minimum absolute atomic E-state index is 0. The van der Waals surface area contributed by atoms with Gasteiger partial charge in [0.15, 0.2) is 0 Å². The van der Waals surface area contributed by atoms with Crippen molar-refractivity contribution in [3.05, 3.63) is 0 Å². The third-order valence-electron chi connectivity index (χ3n) is 5.26. The molecule has 3 N–H and O–H groups in total. The van der Waals surface area contributed by atoms with Gasteiger partial charge in [0.2, 0.25) is 11.8 Å². The molecule has 2 fully saturated rings. The lowest BCUT2D eigenvalue weighted by atomic mass is 9.98. The van der Waals surface area contributed by atoms with Gasteiger partial charge >= 0.3 is 0 Å². The van der Waals surface area contributed by atoms with Crippen molar-refractivity contribution in [3.63, 3.8) is 0 Å². The third kappa shape index (κ3) is 8.11. The van der Waals surface area contributed by atoms with Crippen molar-refractivity contribution in [1.29, 1.82) is 0 Å². The molecule has 1 saturated carbocycles. The van der Waals surface area contributed by atoms with Crippen LogP contribution >= 0.6 is 24.8 Å². The molecule has 2 aliphatic rings. The number of hydrogen-bond acceptors (Lipinski definition) is 4. The zero-order chi connectivity index (χ0) is 16.8. The van der Waals surface area contributed by atoms with Crippen molar-refractivity contribution in [2.24, 2.45) is 11.7 Å². The summed E-state index contributed by atoms with van der Waals surface area (Å²) >= 11 is 0. The van der Waals surface area contributed by atoms with E-state index in [1.54, 1.807) is 19.0 Å². The Kier molecular flexibility index (Phi) is 11.7. The molecule has 0 aromatic heterocycles. The van der Waals surface area contributed by atoms with Crippen molar-refractivity contribution in [3.8, 4) is 0 Å². The fourth-order valence-corrected chi connectivity index (χ4v) is 3.62. The number of nitrogens with zero attached hydrogens (tertiary/aromatic N) is 2. The maximum Gasteiger partial charge on any atom is 0.223 e. The molecule has 6 nitrogen and oxygen atoms in total. The number of nitrogens with two attached hydrogens (primary N) is 1. The Labute approximate surface area is 164 Å². The standard InChI is InChI=1S/C17H32N4O2.2ClH/c1-20(2)17(23)8-11-21-9-6-14(7-10-21)19-16(22)12-13-4-3-5-15(13)18;;/h13-15H,3-12,18H2,1-2H3,(H,19,22);2*1H/t13-,15+;;/m0../s1. The van der Waals surface area contributed by atoms with Crippen molar-refractivity contribution >= 4 is 36.6 Å². The molecule has 0 unspecified atom stereocenters. The van der Waals surface area contributed by atoms with E-state index >= 15 is 0 Å². The predicted molar refractivity (Wildman–Crippen MR) is 105 cm³/mol. The molecule has 2 atom stereocenters. The fourth-order valence-electron chi connectivity index (χ4n) is 3.62. The summed E-state index contributed by atoms with van der Waals surface area (Å²) in [7, 11) is 3.58. The normalized spacial score (nSPS) is 24.1. The van der Waals surface area contributed by atoms with Crippen LogP contribution in [0.3, 0.4) is 0 Å². The molecule has 8 heteroatoms. The van der Waals surface area contributed by atoms with E-state index in [0.29, 0.717) is 18.8 Å². The highest BCUT2D eigenvalue weighted by atomic mass is 35.5. The Morgan fingerprint density at radius 1 is 1.12 bits per heavy atom. The lowest BCUT2D eigenvalue weighted by Crippen LogP contribution is -2.46. The van der Waals surface area contributed by atoms with Gasteiger partial charge in [-0.1, -0.05) is 6.42 Å². The largest absolute Gasteiger partial charge is 0.353 e. The van der Waals surface area contributed by atoms with Crippen molar-refractivity contribution in [2.75, 3.05) is 33.7 Å². The minimum Gasteiger partial charge on any atom is -0.353 e. The first-order chi connectivity index (χ1) is 11.0. The molecule has 1 aliphatic heterocycles. The van der Waals surface area contributed by atoms with Crippen LogP contribution in [0.1, 0.15) is 44.9 Å².